The number of anilines is 1. The molecule has 0 amide bonds. The molecule has 0 bridgehead atoms. The number of nitrogens with one attached hydrogen (secondary N) is 2. The molecule has 0 aliphatic rings. The Hall–Kier alpha value is -2.83. The summed E-state index contributed by atoms with van der Waals surface area (Å²) in [6.45, 7) is 0.330. The van der Waals surface area contributed by atoms with Gasteiger partial charge in [-0.1, -0.05) is 35.0 Å². The molecule has 0 unspecified atom stereocenters. The second-order valence-electron chi connectivity index (χ2n) is 6.30. The van der Waals surface area contributed by atoms with Crippen LogP contribution in [0.25, 0.3) is 11.1 Å². The second kappa shape index (κ2) is 11.2. The summed E-state index contributed by atoms with van der Waals surface area (Å²) >= 11 is 3.34. The highest BCUT2D eigenvalue weighted by atomic mass is 79.9. The molecule has 170 valence electrons. The van der Waals surface area contributed by atoms with E-state index in [0.717, 1.165) is 10.8 Å². The lowest BCUT2D eigenvalue weighted by Crippen LogP contribution is -2.31. The van der Waals surface area contributed by atoms with E-state index in [0.29, 0.717) is 12.0 Å². The molecule has 0 atom stereocenters. The van der Waals surface area contributed by atoms with Gasteiger partial charge < -0.3 is 9.47 Å². The number of hydrogen-bond donors (Lipinski definition) is 2. The van der Waals surface area contributed by atoms with Gasteiger partial charge in [0.25, 0.3) is 10.2 Å². The monoisotopic (exact) mass is 526 g/mol. The Morgan fingerprint density at radius 2 is 1.84 bits per heavy atom. The van der Waals surface area contributed by atoms with Crippen molar-refractivity contribution in [1.29, 1.82) is 0 Å². The van der Waals surface area contributed by atoms with Crippen LogP contribution in [-0.2, 0) is 10.2 Å². The van der Waals surface area contributed by atoms with Crippen LogP contribution in [0.2, 0.25) is 0 Å². The average molecular weight is 527 g/mol. The minimum Gasteiger partial charge on any atom is -0.473 e. The summed E-state index contributed by atoms with van der Waals surface area (Å²) < 4.78 is 73.1. The van der Waals surface area contributed by atoms with Crippen molar-refractivity contribution in [2.75, 3.05) is 24.4 Å². The lowest BCUT2D eigenvalue weighted by atomic mass is 10.1. The van der Waals surface area contributed by atoms with Gasteiger partial charge in [0.15, 0.2) is 5.82 Å². The van der Waals surface area contributed by atoms with E-state index in [-0.39, 0.29) is 47.7 Å². The van der Waals surface area contributed by atoms with E-state index in [4.69, 9.17) is 15.0 Å². The summed E-state index contributed by atoms with van der Waals surface area (Å²) in [5.74, 6) is -0.372. The first-order valence-corrected chi connectivity index (χ1v) is 11.7. The van der Waals surface area contributed by atoms with Gasteiger partial charge in [0, 0.05) is 23.4 Å². The quantitative estimate of drug-likeness (QED) is 0.389. The van der Waals surface area contributed by atoms with Crippen LogP contribution in [0.1, 0.15) is 24.4 Å². The molecule has 32 heavy (non-hydrogen) atoms. The molecule has 2 N–H and O–H groups in total. The number of hydrogen-bond acceptors (Lipinski definition) is 8. The molecule has 10 nitrogen and oxygen atoms in total. The SMILES string of the molecule is [2H]c1nc(OCC([2H])([2H])Oc2ncnc(NS(=O)(=O)NCCC)c2-c2ccc(Br)cc2)nc([2H])c1C. The smallest absolute Gasteiger partial charge is 0.316 e. The molecule has 0 fully saturated rings. The van der Waals surface area contributed by atoms with Crippen molar-refractivity contribution < 1.29 is 23.4 Å². The highest BCUT2D eigenvalue weighted by Crippen LogP contribution is 2.34. The summed E-state index contributed by atoms with van der Waals surface area (Å²) in [6, 6.07) is 6.39. The molecular weight excluding hydrogens is 500 g/mol. The lowest BCUT2D eigenvalue weighted by Gasteiger charge is -2.15. The van der Waals surface area contributed by atoms with Gasteiger partial charge >= 0.3 is 6.01 Å². The van der Waals surface area contributed by atoms with Gasteiger partial charge in [-0.2, -0.15) is 13.1 Å². The number of benzene rings is 1. The lowest BCUT2D eigenvalue weighted by molar-refractivity contribution is 0.202. The van der Waals surface area contributed by atoms with Crippen LogP contribution in [-0.4, -0.2) is 48.1 Å². The number of ether oxygens (including phenoxy) is 2. The van der Waals surface area contributed by atoms with Crippen molar-refractivity contribution in [3.8, 4) is 23.0 Å². The molecule has 0 radical (unpaired) electrons. The van der Waals surface area contributed by atoms with Gasteiger partial charge in [-0.25, -0.2) is 19.9 Å². The summed E-state index contributed by atoms with van der Waals surface area (Å²) in [6.07, 6.45) is 1.18. The van der Waals surface area contributed by atoms with E-state index in [1.807, 2.05) is 6.92 Å². The maximum Gasteiger partial charge on any atom is 0.316 e. The fraction of sp³-hybridized carbons (Fsp3) is 0.300. The number of aromatic nitrogens is 4. The van der Waals surface area contributed by atoms with Crippen LogP contribution in [0.3, 0.4) is 0 Å². The first-order chi connectivity index (χ1) is 16.9. The van der Waals surface area contributed by atoms with Gasteiger partial charge in [0.2, 0.25) is 5.88 Å². The first-order valence-electron chi connectivity index (χ1n) is 11.4. The Bertz CT molecular complexity index is 1310. The molecule has 0 spiro atoms. The van der Waals surface area contributed by atoms with E-state index >= 15 is 0 Å². The highest BCUT2D eigenvalue weighted by molar-refractivity contribution is 9.10. The number of halogens is 1. The zero-order valence-electron chi connectivity index (χ0n) is 21.2. The predicted octanol–water partition coefficient (Wildman–Crippen LogP) is 3.12. The first kappa shape index (κ1) is 18.7. The van der Waals surface area contributed by atoms with Crippen LogP contribution in [0.5, 0.6) is 11.9 Å². The molecule has 3 aromatic rings. The number of nitrogens with zero attached hydrogens (tertiary/aromatic N) is 4. The molecule has 2 aromatic heterocycles. The highest BCUT2D eigenvalue weighted by Gasteiger charge is 2.19. The normalized spacial score (nSPS) is 13.5. The van der Waals surface area contributed by atoms with E-state index in [1.165, 1.54) is 6.92 Å². The zero-order valence-corrected chi connectivity index (χ0v) is 19.6. The van der Waals surface area contributed by atoms with E-state index < -0.39 is 23.4 Å². The molecule has 0 aliphatic heterocycles. The average Bonchev–Trinajstić information content (AvgIpc) is 2.80. The van der Waals surface area contributed by atoms with Crippen molar-refractivity contribution in [3.05, 3.63) is 53.0 Å². The van der Waals surface area contributed by atoms with Crippen molar-refractivity contribution in [3.63, 3.8) is 0 Å². The van der Waals surface area contributed by atoms with Gasteiger partial charge in [-0.05, 0) is 36.6 Å². The fourth-order valence-electron chi connectivity index (χ4n) is 2.37. The summed E-state index contributed by atoms with van der Waals surface area (Å²) in [7, 11) is -3.98. The maximum atomic E-state index is 12.5. The third kappa shape index (κ3) is 6.84. The van der Waals surface area contributed by atoms with Gasteiger partial charge in [0.1, 0.15) is 19.5 Å². The van der Waals surface area contributed by atoms with Crippen LogP contribution < -0.4 is 18.9 Å². The molecule has 2 heterocycles. The van der Waals surface area contributed by atoms with Gasteiger partial charge in [-0.3, -0.25) is 4.72 Å². The fourth-order valence-corrected chi connectivity index (χ4v) is 3.59. The van der Waals surface area contributed by atoms with Crippen molar-refractivity contribution >= 4 is 32.0 Å². The Labute approximate surface area is 200 Å². The molecule has 0 saturated carbocycles. The summed E-state index contributed by atoms with van der Waals surface area (Å²) in [5, 5.41) is 0. The van der Waals surface area contributed by atoms with Crippen LogP contribution in [0, 0.1) is 6.92 Å². The van der Waals surface area contributed by atoms with Crippen LogP contribution in [0.4, 0.5) is 5.82 Å². The second-order valence-corrected chi connectivity index (χ2v) is 8.71. The van der Waals surface area contributed by atoms with Gasteiger partial charge in [0.05, 0.1) is 11.0 Å². The molecule has 0 saturated heterocycles. The number of rotatable bonds is 11. The minimum atomic E-state index is -3.98. The molecular formula is C20H23BrN6O4S. The Morgan fingerprint density at radius 3 is 2.53 bits per heavy atom. The third-order valence-corrected chi connectivity index (χ3v) is 5.36. The summed E-state index contributed by atoms with van der Waals surface area (Å²) in [4.78, 5) is 15.6. The zero-order chi connectivity index (χ0) is 26.5. The Kier molecular flexibility index (Phi) is 6.53. The van der Waals surface area contributed by atoms with E-state index in [2.05, 4.69) is 45.3 Å². The van der Waals surface area contributed by atoms with E-state index in [9.17, 15) is 8.42 Å². The van der Waals surface area contributed by atoms with E-state index in [1.54, 1.807) is 24.3 Å². The molecule has 12 heteroatoms. The minimum absolute atomic E-state index is 0.101. The predicted molar refractivity (Wildman–Crippen MR) is 124 cm³/mol. The van der Waals surface area contributed by atoms with Crippen molar-refractivity contribution in [2.24, 2.45) is 0 Å². The van der Waals surface area contributed by atoms with Crippen LogP contribution >= 0.6 is 15.9 Å². The molecule has 3 rings (SSSR count). The topological polar surface area (TPSA) is 128 Å². The van der Waals surface area contributed by atoms with Gasteiger partial charge in [-0.15, -0.1) is 0 Å². The maximum absolute atomic E-state index is 12.5. The Morgan fingerprint density at radius 1 is 1.12 bits per heavy atom. The Balaban J connectivity index is 1.93. The summed E-state index contributed by atoms with van der Waals surface area (Å²) in [5.41, 5.74) is 0.813. The standard InChI is InChI=1S/C20H23BrN6O4S/c1-3-8-26-32(28,29)27-18-17(15-4-6-16(21)7-5-15)19(25-13-24-18)30-9-10-31-20-22-11-14(2)12-23-20/h4-7,11-13,26H,3,8-10H2,1-2H3,(H,24,25,27)/i9D2,11D,12D. The third-order valence-electron chi connectivity index (χ3n) is 3.79. The molecule has 0 aliphatic carbocycles. The molecule has 1 aromatic carbocycles. The van der Waals surface area contributed by atoms with Crippen molar-refractivity contribution in [1.82, 2.24) is 24.7 Å². The van der Waals surface area contributed by atoms with Crippen molar-refractivity contribution in [2.45, 2.75) is 20.3 Å². The van der Waals surface area contributed by atoms with Crippen LogP contribution in [0.15, 0.2) is 47.4 Å². The largest absolute Gasteiger partial charge is 0.473 e.